The summed E-state index contributed by atoms with van der Waals surface area (Å²) in [6, 6.07) is 12.7. The molecule has 134 valence electrons. The fraction of sp³-hybridized carbons (Fsp3) is 0.118. The lowest BCUT2D eigenvalue weighted by Gasteiger charge is -2.06. The van der Waals surface area contributed by atoms with Gasteiger partial charge in [0.15, 0.2) is 0 Å². The molecule has 0 fully saturated rings. The summed E-state index contributed by atoms with van der Waals surface area (Å²) in [6.07, 6.45) is 1.03. The van der Waals surface area contributed by atoms with E-state index < -0.39 is 10.8 Å². The van der Waals surface area contributed by atoms with Crippen molar-refractivity contribution >= 4 is 41.0 Å². The van der Waals surface area contributed by atoms with E-state index in [-0.39, 0.29) is 30.0 Å². The molecule has 0 heterocycles. The molecule has 2 rings (SSSR count). The van der Waals surface area contributed by atoms with Gasteiger partial charge in [0.05, 0.1) is 27.4 Å². The van der Waals surface area contributed by atoms with Gasteiger partial charge in [-0.3, -0.25) is 19.7 Å². The van der Waals surface area contributed by atoms with Crippen LogP contribution in [0.2, 0.25) is 5.02 Å². The van der Waals surface area contributed by atoms with Gasteiger partial charge < -0.3 is 5.32 Å². The topological polar surface area (TPSA) is 114 Å². The number of para-hydroxylation sites is 2. The standard InChI is InChI=1S/C17H15ClN4O4/c18-13-6-2-3-7-14(13)20-16(23)9-10-17(24)21-19-11-12-5-1-4-8-15(12)22(25)26/h1-8,11H,9-10H2,(H,20,23)(H,21,24)/b19-11+. The van der Waals surface area contributed by atoms with Gasteiger partial charge in [-0.15, -0.1) is 0 Å². The maximum Gasteiger partial charge on any atom is 0.278 e. The first-order valence-electron chi connectivity index (χ1n) is 7.57. The van der Waals surface area contributed by atoms with Crippen LogP contribution in [0.1, 0.15) is 18.4 Å². The number of nitro benzene ring substituents is 1. The summed E-state index contributed by atoms with van der Waals surface area (Å²) in [5, 5.41) is 17.6. The van der Waals surface area contributed by atoms with Crippen molar-refractivity contribution in [3.8, 4) is 0 Å². The summed E-state index contributed by atoms with van der Waals surface area (Å²) in [4.78, 5) is 33.9. The van der Waals surface area contributed by atoms with Gasteiger partial charge in [0.2, 0.25) is 11.8 Å². The van der Waals surface area contributed by atoms with Gasteiger partial charge >= 0.3 is 0 Å². The number of hydrogen-bond acceptors (Lipinski definition) is 5. The molecule has 0 atom stereocenters. The lowest BCUT2D eigenvalue weighted by Crippen LogP contribution is -2.20. The van der Waals surface area contributed by atoms with Gasteiger partial charge in [-0.2, -0.15) is 5.10 Å². The van der Waals surface area contributed by atoms with E-state index >= 15 is 0 Å². The number of carbonyl (C=O) groups excluding carboxylic acids is 2. The van der Waals surface area contributed by atoms with Crippen LogP contribution < -0.4 is 10.7 Å². The Morgan fingerprint density at radius 1 is 1.08 bits per heavy atom. The molecule has 0 aliphatic rings. The van der Waals surface area contributed by atoms with Crippen molar-refractivity contribution in [2.45, 2.75) is 12.8 Å². The summed E-state index contributed by atoms with van der Waals surface area (Å²) in [7, 11) is 0. The number of nitro groups is 1. The summed E-state index contributed by atoms with van der Waals surface area (Å²) >= 11 is 5.93. The third-order valence-corrected chi connectivity index (χ3v) is 3.58. The van der Waals surface area contributed by atoms with Crippen LogP contribution >= 0.6 is 11.6 Å². The molecule has 0 spiro atoms. The third kappa shape index (κ3) is 5.67. The molecule has 0 bridgehead atoms. The lowest BCUT2D eigenvalue weighted by atomic mass is 10.2. The first-order valence-corrected chi connectivity index (χ1v) is 7.95. The van der Waals surface area contributed by atoms with Crippen molar-refractivity contribution in [3.05, 3.63) is 69.2 Å². The van der Waals surface area contributed by atoms with Gasteiger partial charge in [-0.25, -0.2) is 5.43 Å². The Morgan fingerprint density at radius 3 is 2.46 bits per heavy atom. The number of nitrogens with zero attached hydrogens (tertiary/aromatic N) is 2. The Kier molecular flexibility index (Phi) is 6.81. The van der Waals surface area contributed by atoms with Crippen molar-refractivity contribution in [1.82, 2.24) is 5.43 Å². The highest BCUT2D eigenvalue weighted by atomic mass is 35.5. The van der Waals surface area contributed by atoms with Crippen molar-refractivity contribution in [2.75, 3.05) is 5.32 Å². The number of benzene rings is 2. The molecule has 0 aliphatic carbocycles. The van der Waals surface area contributed by atoms with E-state index in [1.54, 1.807) is 30.3 Å². The second kappa shape index (κ2) is 9.28. The fourth-order valence-electron chi connectivity index (χ4n) is 2.00. The van der Waals surface area contributed by atoms with Crippen molar-refractivity contribution in [1.29, 1.82) is 0 Å². The Balaban J connectivity index is 1.81. The molecule has 2 N–H and O–H groups in total. The van der Waals surface area contributed by atoms with Crippen LogP contribution in [0, 0.1) is 10.1 Å². The molecule has 9 heteroatoms. The summed E-state index contributed by atoms with van der Waals surface area (Å²) in [5.41, 5.74) is 2.83. The lowest BCUT2D eigenvalue weighted by molar-refractivity contribution is -0.385. The van der Waals surface area contributed by atoms with Crippen LogP contribution in [-0.2, 0) is 9.59 Å². The number of rotatable bonds is 7. The molecular weight excluding hydrogens is 360 g/mol. The molecule has 0 saturated carbocycles. The van der Waals surface area contributed by atoms with E-state index in [0.29, 0.717) is 10.7 Å². The number of halogens is 1. The van der Waals surface area contributed by atoms with Gasteiger partial charge in [0.25, 0.3) is 5.69 Å². The van der Waals surface area contributed by atoms with Crippen LogP contribution in [0.4, 0.5) is 11.4 Å². The SMILES string of the molecule is O=C(CCC(=O)Nc1ccccc1Cl)N/N=C/c1ccccc1[N+](=O)[O-]. The highest BCUT2D eigenvalue weighted by Gasteiger charge is 2.11. The predicted molar refractivity (Wildman–Crippen MR) is 98.1 cm³/mol. The van der Waals surface area contributed by atoms with E-state index in [2.05, 4.69) is 15.8 Å². The first-order chi connectivity index (χ1) is 12.5. The second-order valence-electron chi connectivity index (χ2n) is 5.14. The van der Waals surface area contributed by atoms with Gasteiger partial charge in [0.1, 0.15) is 0 Å². The Morgan fingerprint density at radius 2 is 1.73 bits per heavy atom. The normalized spacial score (nSPS) is 10.5. The highest BCUT2D eigenvalue weighted by Crippen LogP contribution is 2.20. The van der Waals surface area contributed by atoms with Crippen LogP contribution in [-0.4, -0.2) is 23.0 Å². The number of nitrogens with one attached hydrogen (secondary N) is 2. The molecule has 0 aliphatic heterocycles. The zero-order valence-corrected chi connectivity index (χ0v) is 14.3. The maximum atomic E-state index is 11.8. The minimum absolute atomic E-state index is 0.0575. The van der Waals surface area contributed by atoms with Crippen molar-refractivity contribution < 1.29 is 14.5 Å². The average Bonchev–Trinajstić information content (AvgIpc) is 2.62. The minimum Gasteiger partial charge on any atom is -0.325 e. The van der Waals surface area contributed by atoms with Crippen LogP contribution in [0.3, 0.4) is 0 Å². The molecule has 0 radical (unpaired) electrons. The molecule has 8 nitrogen and oxygen atoms in total. The average molecular weight is 375 g/mol. The zero-order chi connectivity index (χ0) is 18.9. The number of anilines is 1. The first kappa shape index (κ1) is 19.1. The van der Waals surface area contributed by atoms with Crippen LogP contribution in [0.15, 0.2) is 53.6 Å². The fourth-order valence-corrected chi connectivity index (χ4v) is 2.18. The van der Waals surface area contributed by atoms with Crippen LogP contribution in [0.5, 0.6) is 0 Å². The van der Waals surface area contributed by atoms with Gasteiger partial charge in [-0.1, -0.05) is 35.9 Å². The van der Waals surface area contributed by atoms with E-state index in [1.807, 2.05) is 0 Å². The largest absolute Gasteiger partial charge is 0.325 e. The minimum atomic E-state index is -0.539. The van der Waals surface area contributed by atoms with E-state index in [1.165, 1.54) is 24.4 Å². The highest BCUT2D eigenvalue weighted by molar-refractivity contribution is 6.33. The maximum absolute atomic E-state index is 11.8. The van der Waals surface area contributed by atoms with E-state index in [9.17, 15) is 19.7 Å². The number of amides is 2. The molecule has 0 saturated heterocycles. The number of hydrogen-bond donors (Lipinski definition) is 2. The number of carbonyl (C=O) groups is 2. The Labute approximate surface area is 154 Å². The molecule has 0 aromatic heterocycles. The predicted octanol–water partition coefficient (Wildman–Crippen LogP) is 3.12. The molecule has 2 aromatic rings. The van der Waals surface area contributed by atoms with Crippen molar-refractivity contribution in [3.63, 3.8) is 0 Å². The van der Waals surface area contributed by atoms with Gasteiger partial charge in [-0.05, 0) is 18.2 Å². The Hall–Kier alpha value is -3.26. The zero-order valence-electron chi connectivity index (χ0n) is 13.5. The quantitative estimate of drug-likeness (QED) is 0.440. The number of hydrazone groups is 1. The summed E-state index contributed by atoms with van der Waals surface area (Å²) < 4.78 is 0. The molecule has 0 unspecified atom stereocenters. The van der Waals surface area contributed by atoms with Crippen molar-refractivity contribution in [2.24, 2.45) is 5.10 Å². The van der Waals surface area contributed by atoms with Gasteiger partial charge in [0, 0.05) is 18.9 Å². The summed E-state index contributed by atoms with van der Waals surface area (Å²) in [5.74, 6) is -0.856. The van der Waals surface area contributed by atoms with Crippen LogP contribution in [0.25, 0.3) is 0 Å². The smallest absolute Gasteiger partial charge is 0.278 e. The molecular formula is C17H15ClN4O4. The molecule has 26 heavy (non-hydrogen) atoms. The Bertz CT molecular complexity index is 854. The third-order valence-electron chi connectivity index (χ3n) is 3.25. The van der Waals surface area contributed by atoms with E-state index in [4.69, 9.17) is 11.6 Å². The molecule has 2 aromatic carbocycles. The van der Waals surface area contributed by atoms with E-state index in [0.717, 1.165) is 0 Å². The summed E-state index contributed by atoms with van der Waals surface area (Å²) in [6.45, 7) is 0. The second-order valence-corrected chi connectivity index (χ2v) is 5.54. The monoisotopic (exact) mass is 374 g/mol. The molecule has 2 amide bonds.